The van der Waals surface area contributed by atoms with E-state index in [1.807, 2.05) is 4.98 Å². The zero-order valence-corrected chi connectivity index (χ0v) is 9.17. The van der Waals surface area contributed by atoms with Gasteiger partial charge in [-0.15, -0.1) is 0 Å². The molecule has 0 atom stereocenters. The van der Waals surface area contributed by atoms with E-state index in [4.69, 9.17) is 11.6 Å². The zero-order chi connectivity index (χ0) is 11.5. The van der Waals surface area contributed by atoms with Crippen molar-refractivity contribution in [1.29, 1.82) is 0 Å². The van der Waals surface area contributed by atoms with Crippen molar-refractivity contribution in [3.05, 3.63) is 38.4 Å². The molecule has 0 fully saturated rings. The minimum atomic E-state index is -0.657. The molecule has 0 saturated carbocycles. The molecule has 0 saturated heterocycles. The first-order chi connectivity index (χ1) is 7.65. The molecular formula is C7H4ClN5O2S. The van der Waals surface area contributed by atoms with Crippen LogP contribution in [0.3, 0.4) is 0 Å². The van der Waals surface area contributed by atoms with Crippen LogP contribution in [0.1, 0.15) is 0 Å². The predicted octanol–water partition coefficient (Wildman–Crippen LogP) is 0.0528. The van der Waals surface area contributed by atoms with Crippen molar-refractivity contribution >= 4 is 23.4 Å². The molecule has 0 aliphatic carbocycles. The maximum Gasteiger partial charge on any atom is 0.342 e. The van der Waals surface area contributed by atoms with Gasteiger partial charge < -0.3 is 0 Å². The Kier molecular flexibility index (Phi) is 3.02. The van der Waals surface area contributed by atoms with Gasteiger partial charge in [0.05, 0.1) is 0 Å². The Hall–Kier alpha value is -1.67. The van der Waals surface area contributed by atoms with Gasteiger partial charge in [0.25, 0.3) is 5.56 Å². The van der Waals surface area contributed by atoms with Crippen LogP contribution in [-0.2, 0) is 0 Å². The van der Waals surface area contributed by atoms with Gasteiger partial charge in [-0.25, -0.2) is 19.9 Å². The van der Waals surface area contributed by atoms with Crippen LogP contribution in [0.5, 0.6) is 0 Å². The molecule has 9 heteroatoms. The van der Waals surface area contributed by atoms with Crippen molar-refractivity contribution in [3.8, 4) is 0 Å². The van der Waals surface area contributed by atoms with Gasteiger partial charge >= 0.3 is 5.69 Å². The van der Waals surface area contributed by atoms with Crippen LogP contribution in [0.4, 0.5) is 0 Å². The average molecular weight is 258 g/mol. The van der Waals surface area contributed by atoms with Gasteiger partial charge in [-0.2, -0.15) is 5.10 Å². The van der Waals surface area contributed by atoms with Crippen molar-refractivity contribution in [2.45, 2.75) is 10.1 Å². The van der Waals surface area contributed by atoms with Gasteiger partial charge in [0.2, 0.25) is 5.28 Å². The van der Waals surface area contributed by atoms with Gasteiger partial charge in [0, 0.05) is 6.20 Å². The van der Waals surface area contributed by atoms with Crippen molar-refractivity contribution in [2.24, 2.45) is 0 Å². The highest BCUT2D eigenvalue weighted by molar-refractivity contribution is 7.99. The minimum absolute atomic E-state index is 0.0749. The van der Waals surface area contributed by atoms with Crippen LogP contribution >= 0.6 is 23.4 Å². The molecule has 0 spiro atoms. The maximum absolute atomic E-state index is 11.3. The number of nitrogens with one attached hydrogen (secondary N) is 2. The van der Waals surface area contributed by atoms with Gasteiger partial charge in [-0.1, -0.05) is 0 Å². The lowest BCUT2D eigenvalue weighted by Gasteiger charge is -1.97. The molecule has 0 bridgehead atoms. The topological polar surface area (TPSA) is 104 Å². The lowest BCUT2D eigenvalue weighted by molar-refractivity contribution is 0.805. The van der Waals surface area contributed by atoms with Gasteiger partial charge in [0.1, 0.15) is 5.03 Å². The van der Waals surface area contributed by atoms with Gasteiger partial charge in [0.15, 0.2) is 5.03 Å². The summed E-state index contributed by atoms with van der Waals surface area (Å²) in [4.78, 5) is 31.6. The molecule has 16 heavy (non-hydrogen) atoms. The third-order valence-electron chi connectivity index (χ3n) is 1.48. The summed E-state index contributed by atoms with van der Waals surface area (Å²) in [6.45, 7) is 0. The molecule has 2 rings (SSSR count). The van der Waals surface area contributed by atoms with Crippen LogP contribution in [0, 0.1) is 0 Å². The number of hydrogen-bond donors (Lipinski definition) is 2. The fraction of sp³-hybridized carbons (Fsp3) is 0. The summed E-state index contributed by atoms with van der Waals surface area (Å²) in [7, 11) is 0. The third-order valence-corrected chi connectivity index (χ3v) is 2.57. The second-order valence-electron chi connectivity index (χ2n) is 2.58. The van der Waals surface area contributed by atoms with Crippen molar-refractivity contribution in [1.82, 2.24) is 25.1 Å². The maximum atomic E-state index is 11.3. The van der Waals surface area contributed by atoms with E-state index in [0.717, 1.165) is 11.8 Å². The Balaban J connectivity index is 2.34. The number of aromatic nitrogens is 5. The number of aromatic amines is 2. The lowest BCUT2D eigenvalue weighted by Crippen LogP contribution is -2.24. The summed E-state index contributed by atoms with van der Waals surface area (Å²) in [5, 5.41) is 6.31. The summed E-state index contributed by atoms with van der Waals surface area (Å²) in [5.74, 6) is 0. The van der Waals surface area contributed by atoms with E-state index in [9.17, 15) is 9.59 Å². The SMILES string of the molecule is O=c1[nH]nc(Sc2ccnc(Cl)n2)c(=O)[nH]1. The fourth-order valence-corrected chi connectivity index (χ4v) is 1.77. The molecule has 0 aliphatic rings. The van der Waals surface area contributed by atoms with Crippen LogP contribution < -0.4 is 11.2 Å². The summed E-state index contributed by atoms with van der Waals surface area (Å²) in [6, 6.07) is 1.57. The minimum Gasteiger partial charge on any atom is -0.271 e. The molecule has 0 aliphatic heterocycles. The normalized spacial score (nSPS) is 10.3. The lowest BCUT2D eigenvalue weighted by atomic mass is 10.7. The van der Waals surface area contributed by atoms with E-state index in [1.165, 1.54) is 6.20 Å². The van der Waals surface area contributed by atoms with E-state index >= 15 is 0 Å². The molecule has 7 nitrogen and oxygen atoms in total. The number of nitrogens with zero attached hydrogens (tertiary/aromatic N) is 3. The van der Waals surface area contributed by atoms with Crippen LogP contribution in [0.15, 0.2) is 31.9 Å². The molecule has 0 unspecified atom stereocenters. The molecule has 2 aromatic heterocycles. The van der Waals surface area contributed by atoms with Crippen LogP contribution in [0.2, 0.25) is 5.28 Å². The summed E-state index contributed by atoms with van der Waals surface area (Å²) in [5.41, 5.74) is -1.24. The molecule has 2 N–H and O–H groups in total. The Bertz CT molecular complexity index is 624. The second kappa shape index (κ2) is 4.45. The summed E-state index contributed by atoms with van der Waals surface area (Å²) < 4.78 is 0. The predicted molar refractivity (Wildman–Crippen MR) is 56.6 cm³/mol. The number of hydrogen-bond acceptors (Lipinski definition) is 6. The number of halogens is 1. The first-order valence-corrected chi connectivity index (χ1v) is 5.20. The Labute approximate surface area is 97.3 Å². The van der Waals surface area contributed by atoms with Crippen LogP contribution in [0.25, 0.3) is 0 Å². The van der Waals surface area contributed by atoms with Crippen LogP contribution in [-0.4, -0.2) is 25.1 Å². The highest BCUT2D eigenvalue weighted by Gasteiger charge is 2.06. The van der Waals surface area contributed by atoms with E-state index in [2.05, 4.69) is 20.2 Å². The van der Waals surface area contributed by atoms with E-state index in [1.54, 1.807) is 6.07 Å². The molecule has 0 aromatic carbocycles. The molecule has 0 radical (unpaired) electrons. The first kappa shape index (κ1) is 10.8. The quantitative estimate of drug-likeness (QED) is 0.582. The van der Waals surface area contributed by atoms with Gasteiger partial charge in [-0.05, 0) is 29.4 Å². The summed E-state index contributed by atoms with van der Waals surface area (Å²) in [6.07, 6.45) is 1.46. The number of rotatable bonds is 2. The average Bonchev–Trinajstić information content (AvgIpc) is 2.22. The largest absolute Gasteiger partial charge is 0.342 e. The molecule has 2 aromatic rings. The Morgan fingerprint density at radius 2 is 2.19 bits per heavy atom. The second-order valence-corrected chi connectivity index (χ2v) is 3.93. The molecule has 82 valence electrons. The highest BCUT2D eigenvalue weighted by atomic mass is 35.5. The van der Waals surface area contributed by atoms with Crippen molar-refractivity contribution in [2.75, 3.05) is 0 Å². The number of H-pyrrole nitrogens is 2. The van der Waals surface area contributed by atoms with Crippen molar-refractivity contribution < 1.29 is 0 Å². The van der Waals surface area contributed by atoms with Gasteiger partial charge in [-0.3, -0.25) is 9.78 Å². The van der Waals surface area contributed by atoms with E-state index < -0.39 is 11.2 Å². The van der Waals surface area contributed by atoms with E-state index in [-0.39, 0.29) is 10.3 Å². The smallest absolute Gasteiger partial charge is 0.271 e. The third kappa shape index (κ3) is 2.47. The summed E-state index contributed by atoms with van der Waals surface area (Å²) >= 11 is 6.55. The zero-order valence-electron chi connectivity index (χ0n) is 7.60. The molecule has 0 amide bonds. The monoisotopic (exact) mass is 257 g/mol. The highest BCUT2D eigenvalue weighted by Crippen LogP contribution is 2.20. The van der Waals surface area contributed by atoms with E-state index in [0.29, 0.717) is 5.03 Å². The fourth-order valence-electron chi connectivity index (χ4n) is 0.882. The Morgan fingerprint density at radius 3 is 2.88 bits per heavy atom. The first-order valence-electron chi connectivity index (χ1n) is 4.00. The Morgan fingerprint density at radius 1 is 1.38 bits per heavy atom. The van der Waals surface area contributed by atoms with Crippen molar-refractivity contribution in [3.63, 3.8) is 0 Å². The standard InChI is InChI=1S/C7H4ClN5O2S/c8-6-9-2-1-3(10-6)16-5-4(14)11-7(15)13-12-5/h1-2H,(H2,11,13,14,15). The molecule has 2 heterocycles. The molecular weight excluding hydrogens is 254 g/mol.